The molecule has 0 aliphatic carbocycles. The predicted molar refractivity (Wildman–Crippen MR) is 58.1 cm³/mol. The molecule has 1 heterocycles. The summed E-state index contributed by atoms with van der Waals surface area (Å²) in [6.45, 7) is 2.57. The molecule has 1 aliphatic rings. The second-order valence-corrected chi connectivity index (χ2v) is 3.50. The van der Waals surface area contributed by atoms with Gasteiger partial charge in [0.05, 0.1) is 6.61 Å². The zero-order valence-electron chi connectivity index (χ0n) is 9.00. The number of nitrogens with zero attached hydrogens (tertiary/aromatic N) is 1. The lowest BCUT2D eigenvalue weighted by Crippen LogP contribution is -2.24. The Balaban J connectivity index is 2.39. The summed E-state index contributed by atoms with van der Waals surface area (Å²) in [6.07, 6.45) is 0.735. The third-order valence-electron chi connectivity index (χ3n) is 2.45. The van der Waals surface area contributed by atoms with Gasteiger partial charge >= 0.3 is 5.97 Å². The highest BCUT2D eigenvalue weighted by molar-refractivity contribution is 6.43. The number of aliphatic imine (C=N–C) groups is 1. The molecule has 1 aliphatic heterocycles. The summed E-state index contributed by atoms with van der Waals surface area (Å²) in [5.74, 6) is -0.841. The molecule has 0 fully saturated rings. The first-order chi connectivity index (χ1) is 7.72. The zero-order valence-corrected chi connectivity index (χ0v) is 9.00. The number of esters is 1. The van der Waals surface area contributed by atoms with Crippen molar-refractivity contribution in [2.75, 3.05) is 13.2 Å². The Labute approximate surface area is 93.0 Å². The Bertz CT molecular complexity index is 454. The summed E-state index contributed by atoms with van der Waals surface area (Å²) in [6, 6.07) is 4.43. The molecule has 0 N–H and O–H groups in total. The van der Waals surface area contributed by atoms with Gasteiger partial charge in [0.2, 0.25) is 0 Å². The van der Waals surface area contributed by atoms with E-state index in [9.17, 15) is 9.18 Å². The Morgan fingerprint density at radius 1 is 1.56 bits per heavy atom. The SMILES string of the molecule is CCOC(=O)C1=NCCc2ccc(F)cc21. The maximum atomic E-state index is 13.1. The van der Waals surface area contributed by atoms with Crippen LogP contribution in [0.25, 0.3) is 0 Å². The molecule has 0 aromatic heterocycles. The lowest BCUT2D eigenvalue weighted by Gasteiger charge is -2.15. The quantitative estimate of drug-likeness (QED) is 0.713. The highest BCUT2D eigenvalue weighted by Gasteiger charge is 2.21. The molecule has 0 bridgehead atoms. The number of carbonyl (C=O) groups excluding carboxylic acids is 1. The molecule has 3 nitrogen and oxygen atoms in total. The van der Waals surface area contributed by atoms with E-state index in [1.54, 1.807) is 13.0 Å². The monoisotopic (exact) mass is 221 g/mol. The van der Waals surface area contributed by atoms with Crippen LogP contribution in [-0.4, -0.2) is 24.8 Å². The average molecular weight is 221 g/mol. The first-order valence-electron chi connectivity index (χ1n) is 5.22. The standard InChI is InChI=1S/C12H12FNO2/c1-2-16-12(15)11-10-7-9(13)4-3-8(10)5-6-14-11/h3-4,7H,2,5-6H2,1H3. The van der Waals surface area contributed by atoms with Gasteiger partial charge in [-0.3, -0.25) is 4.99 Å². The number of hydrogen-bond acceptors (Lipinski definition) is 3. The van der Waals surface area contributed by atoms with E-state index in [-0.39, 0.29) is 11.5 Å². The summed E-state index contributed by atoms with van der Waals surface area (Å²) in [5.41, 5.74) is 1.74. The van der Waals surface area contributed by atoms with Crippen LogP contribution in [0.3, 0.4) is 0 Å². The summed E-state index contributed by atoms with van der Waals surface area (Å²) in [5, 5.41) is 0. The van der Waals surface area contributed by atoms with Crippen molar-refractivity contribution in [3.8, 4) is 0 Å². The van der Waals surface area contributed by atoms with E-state index in [4.69, 9.17) is 4.74 Å². The molecular weight excluding hydrogens is 209 g/mol. The van der Waals surface area contributed by atoms with E-state index in [1.807, 2.05) is 0 Å². The number of rotatable bonds is 2. The minimum atomic E-state index is -0.478. The van der Waals surface area contributed by atoms with Crippen LogP contribution in [-0.2, 0) is 16.0 Å². The second-order valence-electron chi connectivity index (χ2n) is 3.50. The summed E-state index contributed by atoms with van der Waals surface area (Å²) in [7, 11) is 0. The van der Waals surface area contributed by atoms with Crippen LogP contribution in [0.15, 0.2) is 23.2 Å². The Morgan fingerprint density at radius 3 is 3.12 bits per heavy atom. The number of fused-ring (bicyclic) bond motifs is 1. The molecule has 0 spiro atoms. The van der Waals surface area contributed by atoms with Gasteiger partial charge in [0.25, 0.3) is 0 Å². The zero-order chi connectivity index (χ0) is 11.5. The molecule has 0 unspecified atom stereocenters. The third-order valence-corrected chi connectivity index (χ3v) is 2.45. The van der Waals surface area contributed by atoms with Crippen molar-refractivity contribution in [3.05, 3.63) is 35.1 Å². The smallest absolute Gasteiger partial charge is 0.357 e. The molecule has 16 heavy (non-hydrogen) atoms. The molecular formula is C12H12FNO2. The number of carbonyl (C=O) groups is 1. The molecule has 0 amide bonds. The second kappa shape index (κ2) is 4.43. The Morgan fingerprint density at radius 2 is 2.38 bits per heavy atom. The number of ether oxygens (including phenoxy) is 1. The van der Waals surface area contributed by atoms with E-state index in [0.29, 0.717) is 18.7 Å². The molecule has 84 valence electrons. The molecule has 1 aromatic carbocycles. The fraction of sp³-hybridized carbons (Fsp3) is 0.333. The van der Waals surface area contributed by atoms with Crippen molar-refractivity contribution >= 4 is 11.7 Å². The van der Waals surface area contributed by atoms with E-state index in [2.05, 4.69) is 4.99 Å². The topological polar surface area (TPSA) is 38.7 Å². The maximum Gasteiger partial charge on any atom is 0.357 e. The van der Waals surface area contributed by atoms with Crippen LogP contribution in [0.2, 0.25) is 0 Å². The highest BCUT2D eigenvalue weighted by atomic mass is 19.1. The fourth-order valence-corrected chi connectivity index (χ4v) is 1.73. The van der Waals surface area contributed by atoms with Crippen LogP contribution in [0.5, 0.6) is 0 Å². The Kier molecular flexibility index (Phi) is 2.99. The fourth-order valence-electron chi connectivity index (χ4n) is 1.73. The predicted octanol–water partition coefficient (Wildman–Crippen LogP) is 1.73. The van der Waals surface area contributed by atoms with Crippen molar-refractivity contribution < 1.29 is 13.9 Å². The van der Waals surface area contributed by atoms with Crippen LogP contribution in [0, 0.1) is 5.82 Å². The molecule has 0 saturated carbocycles. The van der Waals surface area contributed by atoms with Gasteiger partial charge in [-0.2, -0.15) is 0 Å². The van der Waals surface area contributed by atoms with Crippen molar-refractivity contribution in [1.82, 2.24) is 0 Å². The van der Waals surface area contributed by atoms with E-state index in [0.717, 1.165) is 12.0 Å². The van der Waals surface area contributed by atoms with E-state index >= 15 is 0 Å². The molecule has 1 aromatic rings. The van der Waals surface area contributed by atoms with Crippen molar-refractivity contribution in [2.24, 2.45) is 4.99 Å². The molecule has 0 atom stereocenters. The van der Waals surface area contributed by atoms with Gasteiger partial charge in [-0.25, -0.2) is 9.18 Å². The largest absolute Gasteiger partial charge is 0.461 e. The number of halogens is 1. The van der Waals surface area contributed by atoms with Gasteiger partial charge in [-0.05, 0) is 31.0 Å². The van der Waals surface area contributed by atoms with Gasteiger partial charge < -0.3 is 4.74 Å². The third kappa shape index (κ3) is 1.96. The average Bonchev–Trinajstić information content (AvgIpc) is 2.28. The van der Waals surface area contributed by atoms with Gasteiger partial charge in [0.15, 0.2) is 5.71 Å². The first-order valence-corrected chi connectivity index (χ1v) is 5.22. The van der Waals surface area contributed by atoms with Gasteiger partial charge in [0.1, 0.15) is 5.82 Å². The van der Waals surface area contributed by atoms with Crippen LogP contribution in [0.4, 0.5) is 4.39 Å². The van der Waals surface area contributed by atoms with Crippen LogP contribution < -0.4 is 0 Å². The molecule has 2 rings (SSSR count). The van der Waals surface area contributed by atoms with E-state index < -0.39 is 5.97 Å². The molecule has 0 saturated heterocycles. The Hall–Kier alpha value is -1.71. The lowest BCUT2D eigenvalue weighted by molar-refractivity contribution is -0.134. The first kappa shape index (κ1) is 10.8. The van der Waals surface area contributed by atoms with Gasteiger partial charge in [-0.15, -0.1) is 0 Å². The molecule has 0 radical (unpaired) electrons. The normalized spacial score (nSPS) is 14.0. The highest BCUT2D eigenvalue weighted by Crippen LogP contribution is 2.18. The number of hydrogen-bond donors (Lipinski definition) is 0. The molecule has 4 heteroatoms. The van der Waals surface area contributed by atoms with Gasteiger partial charge in [-0.1, -0.05) is 6.07 Å². The lowest BCUT2D eigenvalue weighted by atomic mass is 9.97. The van der Waals surface area contributed by atoms with Crippen LogP contribution in [0.1, 0.15) is 18.1 Å². The van der Waals surface area contributed by atoms with Crippen molar-refractivity contribution in [3.63, 3.8) is 0 Å². The van der Waals surface area contributed by atoms with Crippen molar-refractivity contribution in [1.29, 1.82) is 0 Å². The summed E-state index contributed by atoms with van der Waals surface area (Å²) < 4.78 is 18.0. The summed E-state index contributed by atoms with van der Waals surface area (Å²) >= 11 is 0. The van der Waals surface area contributed by atoms with Crippen LogP contribution >= 0.6 is 0 Å². The van der Waals surface area contributed by atoms with Gasteiger partial charge in [0, 0.05) is 12.1 Å². The maximum absolute atomic E-state index is 13.1. The number of benzene rings is 1. The van der Waals surface area contributed by atoms with Crippen molar-refractivity contribution in [2.45, 2.75) is 13.3 Å². The summed E-state index contributed by atoms with van der Waals surface area (Å²) in [4.78, 5) is 15.7. The minimum Gasteiger partial charge on any atom is -0.461 e. The minimum absolute atomic E-state index is 0.239. The van der Waals surface area contributed by atoms with E-state index in [1.165, 1.54) is 12.1 Å².